The van der Waals surface area contributed by atoms with Crippen LogP contribution in [0.25, 0.3) is 0 Å². The quantitative estimate of drug-likeness (QED) is 0.885. The molecule has 124 valence electrons. The normalized spacial score (nSPS) is 17.0. The van der Waals surface area contributed by atoms with E-state index >= 15 is 0 Å². The number of nitriles is 1. The smallest absolute Gasteiger partial charge is 0.244 e. The highest BCUT2D eigenvalue weighted by molar-refractivity contribution is 5.56. The van der Waals surface area contributed by atoms with E-state index in [0.717, 1.165) is 22.6 Å². The highest BCUT2D eigenvalue weighted by Gasteiger charge is 2.38. The molecule has 24 heavy (non-hydrogen) atoms. The second-order valence-corrected chi connectivity index (χ2v) is 6.77. The Labute approximate surface area is 140 Å². The third kappa shape index (κ3) is 2.48. The number of nitrogens with two attached hydrogens (primary N) is 1. The molecule has 1 aromatic carbocycles. The Morgan fingerprint density at radius 2 is 2.12 bits per heavy atom. The average Bonchev–Trinajstić information content (AvgIpc) is 2.97. The fourth-order valence-electron chi connectivity index (χ4n) is 2.97. The van der Waals surface area contributed by atoms with E-state index in [9.17, 15) is 5.26 Å². The van der Waals surface area contributed by atoms with Gasteiger partial charge in [-0.3, -0.25) is 5.10 Å². The summed E-state index contributed by atoms with van der Waals surface area (Å²) in [6, 6.07) is 9.81. The zero-order chi connectivity index (χ0) is 17.5. The van der Waals surface area contributed by atoms with Crippen molar-refractivity contribution >= 4 is 0 Å². The van der Waals surface area contributed by atoms with Gasteiger partial charge in [0.2, 0.25) is 11.8 Å². The summed E-state index contributed by atoms with van der Waals surface area (Å²) in [4.78, 5) is 0. The molecule has 0 spiro atoms. The van der Waals surface area contributed by atoms with Crippen molar-refractivity contribution in [1.29, 1.82) is 5.26 Å². The Kier molecular flexibility index (Phi) is 3.72. The van der Waals surface area contributed by atoms with Crippen LogP contribution in [0.1, 0.15) is 43.5 Å². The first-order valence-corrected chi connectivity index (χ1v) is 7.67. The molecule has 0 unspecified atom stereocenters. The standard InChI is InChI=1S/C18H20N4O2/c1-18(2,3)15-14-13(10-6-5-7-11(8-10)23-4)12(9-19)16(20)24-17(14)22-21-15/h5-8,13H,20H2,1-4H3,(H,21,22)/t13-/m0/s1. The van der Waals surface area contributed by atoms with Gasteiger partial charge in [-0.1, -0.05) is 32.9 Å². The van der Waals surface area contributed by atoms with Gasteiger partial charge in [-0.05, 0) is 17.7 Å². The monoisotopic (exact) mass is 324 g/mol. The van der Waals surface area contributed by atoms with Gasteiger partial charge in [-0.15, -0.1) is 5.10 Å². The zero-order valence-corrected chi connectivity index (χ0v) is 14.2. The summed E-state index contributed by atoms with van der Waals surface area (Å²) in [5.41, 5.74) is 8.84. The second-order valence-electron chi connectivity index (χ2n) is 6.77. The Morgan fingerprint density at radius 3 is 2.75 bits per heavy atom. The number of ether oxygens (including phenoxy) is 2. The SMILES string of the molecule is COc1cccc([C@H]2C(C#N)=C(N)Oc3n[nH]c(C(C)(C)C)c32)c1. The minimum atomic E-state index is -0.346. The molecule has 6 heteroatoms. The number of benzene rings is 1. The lowest BCUT2D eigenvalue weighted by Crippen LogP contribution is -2.23. The number of fused-ring (bicyclic) bond motifs is 1. The fraction of sp³-hybridized carbons (Fsp3) is 0.333. The third-order valence-corrected chi connectivity index (χ3v) is 4.12. The summed E-state index contributed by atoms with van der Waals surface area (Å²) in [7, 11) is 1.61. The summed E-state index contributed by atoms with van der Waals surface area (Å²) in [6.45, 7) is 6.24. The summed E-state index contributed by atoms with van der Waals surface area (Å²) < 4.78 is 10.9. The molecule has 0 bridgehead atoms. The van der Waals surface area contributed by atoms with E-state index in [1.54, 1.807) is 7.11 Å². The van der Waals surface area contributed by atoms with Crippen LogP contribution in [0, 0.1) is 11.3 Å². The topological polar surface area (TPSA) is 96.9 Å². The van der Waals surface area contributed by atoms with Crippen LogP contribution in [0.2, 0.25) is 0 Å². The van der Waals surface area contributed by atoms with Gasteiger partial charge in [0, 0.05) is 11.1 Å². The number of allylic oxidation sites excluding steroid dienone is 1. The molecule has 1 atom stereocenters. The van der Waals surface area contributed by atoms with Crippen molar-refractivity contribution in [3.8, 4) is 17.7 Å². The van der Waals surface area contributed by atoms with E-state index < -0.39 is 0 Å². The van der Waals surface area contributed by atoms with E-state index in [-0.39, 0.29) is 17.2 Å². The highest BCUT2D eigenvalue weighted by Crippen LogP contribution is 2.45. The molecule has 2 heterocycles. The molecule has 0 saturated carbocycles. The van der Waals surface area contributed by atoms with Gasteiger partial charge in [-0.2, -0.15) is 5.26 Å². The number of H-pyrrole nitrogens is 1. The van der Waals surface area contributed by atoms with Crippen LogP contribution in [0.3, 0.4) is 0 Å². The van der Waals surface area contributed by atoms with Gasteiger partial charge in [0.1, 0.15) is 17.4 Å². The number of rotatable bonds is 2. The number of aromatic nitrogens is 2. The third-order valence-electron chi connectivity index (χ3n) is 4.12. The van der Waals surface area contributed by atoms with Gasteiger partial charge in [0.25, 0.3) is 0 Å². The van der Waals surface area contributed by atoms with Crippen LogP contribution in [0.5, 0.6) is 11.6 Å². The molecule has 0 fully saturated rings. The minimum absolute atomic E-state index is 0.0878. The molecule has 0 aliphatic carbocycles. The molecule has 1 aliphatic heterocycles. The molecular formula is C18H20N4O2. The molecular weight excluding hydrogens is 304 g/mol. The van der Waals surface area contributed by atoms with Crippen LogP contribution in [0.15, 0.2) is 35.7 Å². The minimum Gasteiger partial charge on any atom is -0.497 e. The van der Waals surface area contributed by atoms with Crippen LogP contribution < -0.4 is 15.2 Å². The largest absolute Gasteiger partial charge is 0.497 e. The van der Waals surface area contributed by atoms with Gasteiger partial charge >= 0.3 is 0 Å². The predicted octanol–water partition coefficient (Wildman–Crippen LogP) is 2.93. The molecule has 3 N–H and O–H groups in total. The lowest BCUT2D eigenvalue weighted by atomic mass is 9.79. The van der Waals surface area contributed by atoms with E-state index in [4.69, 9.17) is 15.2 Å². The fourth-order valence-corrected chi connectivity index (χ4v) is 2.97. The number of nitrogens with zero attached hydrogens (tertiary/aromatic N) is 2. The molecule has 6 nitrogen and oxygen atoms in total. The molecule has 1 aromatic heterocycles. The maximum absolute atomic E-state index is 9.65. The van der Waals surface area contributed by atoms with E-state index in [1.165, 1.54) is 0 Å². The van der Waals surface area contributed by atoms with E-state index in [2.05, 4.69) is 37.0 Å². The average molecular weight is 324 g/mol. The van der Waals surface area contributed by atoms with Gasteiger partial charge in [0.05, 0.1) is 18.6 Å². The maximum Gasteiger partial charge on any atom is 0.244 e. The van der Waals surface area contributed by atoms with Crippen molar-refractivity contribution in [2.24, 2.45) is 5.73 Å². The number of hydrogen-bond donors (Lipinski definition) is 2. The summed E-state index contributed by atoms with van der Waals surface area (Å²) in [5, 5.41) is 17.0. The second kappa shape index (κ2) is 5.60. The van der Waals surface area contributed by atoms with Crippen LogP contribution >= 0.6 is 0 Å². The molecule has 1 aliphatic rings. The zero-order valence-electron chi connectivity index (χ0n) is 14.2. The Bertz CT molecular complexity index is 853. The highest BCUT2D eigenvalue weighted by atomic mass is 16.5. The number of hydrogen-bond acceptors (Lipinski definition) is 5. The lowest BCUT2D eigenvalue weighted by Gasteiger charge is -2.27. The predicted molar refractivity (Wildman–Crippen MR) is 89.6 cm³/mol. The van der Waals surface area contributed by atoms with Gasteiger partial charge < -0.3 is 15.2 Å². The van der Waals surface area contributed by atoms with Crippen LogP contribution in [-0.2, 0) is 5.41 Å². The molecule has 0 saturated heterocycles. The first-order chi connectivity index (χ1) is 11.4. The van der Waals surface area contributed by atoms with Crippen molar-refractivity contribution in [3.05, 3.63) is 52.5 Å². The van der Waals surface area contributed by atoms with Crippen molar-refractivity contribution in [2.75, 3.05) is 7.11 Å². The molecule has 0 radical (unpaired) electrons. The first-order valence-electron chi connectivity index (χ1n) is 7.67. The number of aromatic amines is 1. The van der Waals surface area contributed by atoms with Crippen molar-refractivity contribution < 1.29 is 9.47 Å². The lowest BCUT2D eigenvalue weighted by molar-refractivity contribution is 0.377. The van der Waals surface area contributed by atoms with Crippen LogP contribution in [0.4, 0.5) is 0 Å². The van der Waals surface area contributed by atoms with Gasteiger partial charge in [0.15, 0.2) is 0 Å². The van der Waals surface area contributed by atoms with E-state index in [0.29, 0.717) is 11.5 Å². The van der Waals surface area contributed by atoms with Crippen LogP contribution in [-0.4, -0.2) is 17.3 Å². The van der Waals surface area contributed by atoms with Crippen molar-refractivity contribution in [3.63, 3.8) is 0 Å². The number of methoxy groups -OCH3 is 1. The maximum atomic E-state index is 9.65. The Hall–Kier alpha value is -2.94. The Morgan fingerprint density at radius 1 is 1.38 bits per heavy atom. The summed E-state index contributed by atoms with van der Waals surface area (Å²) in [6.07, 6.45) is 0. The molecule has 0 amide bonds. The van der Waals surface area contributed by atoms with Crippen molar-refractivity contribution in [1.82, 2.24) is 10.2 Å². The van der Waals surface area contributed by atoms with Gasteiger partial charge in [-0.25, -0.2) is 0 Å². The molecule has 2 aromatic rings. The van der Waals surface area contributed by atoms with E-state index in [1.807, 2.05) is 24.3 Å². The molecule has 3 rings (SSSR count). The first kappa shape index (κ1) is 15.9. The van der Waals surface area contributed by atoms with Crippen molar-refractivity contribution in [2.45, 2.75) is 32.1 Å². The Balaban J connectivity index is 2.26. The summed E-state index contributed by atoms with van der Waals surface area (Å²) in [5.74, 6) is 0.882. The summed E-state index contributed by atoms with van der Waals surface area (Å²) >= 11 is 0. The number of nitrogens with one attached hydrogen (secondary N) is 1.